The summed E-state index contributed by atoms with van der Waals surface area (Å²) in [6.07, 6.45) is 1.49. The zero-order valence-electron chi connectivity index (χ0n) is 31.1. The Bertz CT molecular complexity index is 1260. The Morgan fingerprint density at radius 2 is 1.43 bits per heavy atom. The first kappa shape index (κ1) is 38.0. The molecule has 248 valence electrons. The minimum Gasteiger partial charge on any atom is -0.426 e. The van der Waals surface area contributed by atoms with Crippen molar-refractivity contribution in [1.29, 1.82) is 0 Å². The lowest BCUT2D eigenvalue weighted by Gasteiger charge is -2.53. The Labute approximate surface area is 271 Å². The zero-order valence-corrected chi connectivity index (χ0v) is 31.1. The van der Waals surface area contributed by atoms with Crippen molar-refractivity contribution in [2.24, 2.45) is 23.2 Å². The van der Waals surface area contributed by atoms with Crippen LogP contribution in [0.1, 0.15) is 148 Å². The molecule has 6 atom stereocenters. The molecule has 0 aliphatic heterocycles. The molecule has 0 amide bonds. The summed E-state index contributed by atoms with van der Waals surface area (Å²) in [5, 5.41) is 10.9. The summed E-state index contributed by atoms with van der Waals surface area (Å²) in [7, 11) is 0. The molecule has 0 bridgehead atoms. The van der Waals surface area contributed by atoms with E-state index in [9.17, 15) is 9.90 Å². The van der Waals surface area contributed by atoms with Gasteiger partial charge in [-0.25, -0.2) is 0 Å². The molecule has 0 heterocycles. The topological polar surface area (TPSA) is 49.8 Å². The third-order valence-electron chi connectivity index (χ3n) is 11.7. The summed E-state index contributed by atoms with van der Waals surface area (Å²) in [5.41, 5.74) is 5.89. The number of aliphatic hydroxyl groups excluding tert-OH is 1. The van der Waals surface area contributed by atoms with Crippen LogP contribution in [0.25, 0.3) is 0 Å². The van der Waals surface area contributed by atoms with Gasteiger partial charge in [-0.1, -0.05) is 66.7 Å². The Balaban J connectivity index is 2.98. The molecule has 44 heavy (non-hydrogen) atoms. The first-order valence-corrected chi connectivity index (χ1v) is 17.2. The van der Waals surface area contributed by atoms with E-state index in [1.807, 2.05) is 33.8 Å². The highest BCUT2D eigenvalue weighted by Crippen LogP contribution is 2.46. The number of benzene rings is 2. The van der Waals surface area contributed by atoms with Crippen molar-refractivity contribution < 1.29 is 14.6 Å². The van der Waals surface area contributed by atoms with Gasteiger partial charge in [-0.15, -0.1) is 0 Å². The van der Waals surface area contributed by atoms with E-state index in [1.165, 1.54) is 16.7 Å². The third kappa shape index (κ3) is 7.61. The second-order valence-electron chi connectivity index (χ2n) is 15.1. The molecular weight excluding hydrogens is 542 g/mol. The van der Waals surface area contributed by atoms with Gasteiger partial charge in [-0.2, -0.15) is 0 Å². The van der Waals surface area contributed by atoms with Crippen LogP contribution in [-0.2, 0) is 4.79 Å². The molecule has 0 spiro atoms. The largest absolute Gasteiger partial charge is 0.426 e. The predicted molar refractivity (Wildman–Crippen MR) is 188 cm³/mol. The maximum atomic E-state index is 13.7. The van der Waals surface area contributed by atoms with Crippen molar-refractivity contribution in [3.05, 3.63) is 63.7 Å². The van der Waals surface area contributed by atoms with Crippen LogP contribution in [0, 0.1) is 43.9 Å². The standard InChI is InChI=1S/C40H65NO3/c1-17-28(9)41(40(16,18-2)25(5)6)31(12)30(11)37(33-21-19-20-26(7)29(33)10)35-23-34(32(13)42)27(8)22-36(35)44-38(43)39(14,15)24(3)4/h19-25,28,30-32,37,42H,17-18H2,1-16H3/t28?,30?,31?,32?,37-,40?/m1/s1. The maximum Gasteiger partial charge on any atom is 0.317 e. The van der Waals surface area contributed by atoms with Crippen LogP contribution in [0.2, 0.25) is 0 Å². The van der Waals surface area contributed by atoms with E-state index in [4.69, 9.17) is 4.74 Å². The monoisotopic (exact) mass is 607 g/mol. The highest BCUT2D eigenvalue weighted by atomic mass is 16.5. The van der Waals surface area contributed by atoms with E-state index in [1.54, 1.807) is 0 Å². The Morgan fingerprint density at radius 3 is 1.91 bits per heavy atom. The number of hydrogen-bond donors (Lipinski definition) is 1. The van der Waals surface area contributed by atoms with Crippen LogP contribution in [0.3, 0.4) is 0 Å². The van der Waals surface area contributed by atoms with Crippen molar-refractivity contribution in [2.45, 2.75) is 153 Å². The lowest BCUT2D eigenvalue weighted by Crippen LogP contribution is -2.59. The zero-order chi connectivity index (χ0) is 33.9. The van der Waals surface area contributed by atoms with E-state index in [0.29, 0.717) is 17.7 Å². The summed E-state index contributed by atoms with van der Waals surface area (Å²) in [6, 6.07) is 11.3. The first-order chi connectivity index (χ1) is 20.3. The molecule has 4 nitrogen and oxygen atoms in total. The quantitative estimate of drug-likeness (QED) is 0.171. The van der Waals surface area contributed by atoms with E-state index in [0.717, 1.165) is 29.5 Å². The SMILES string of the molecule is CCC(C)N(C(C)C(C)[C@@H](c1cc(C(C)O)c(C)cc1OC(=O)C(C)(C)C(C)C)c1cccc(C)c1C)C(C)(CC)C(C)C. The van der Waals surface area contributed by atoms with Crippen molar-refractivity contribution in [1.82, 2.24) is 4.90 Å². The lowest BCUT2D eigenvalue weighted by atomic mass is 9.72. The molecule has 5 unspecified atom stereocenters. The number of esters is 1. The second kappa shape index (κ2) is 14.9. The van der Waals surface area contributed by atoms with E-state index >= 15 is 0 Å². The van der Waals surface area contributed by atoms with Gasteiger partial charge >= 0.3 is 5.97 Å². The molecule has 1 N–H and O–H groups in total. The number of carbonyl (C=O) groups excluding carboxylic acids is 1. The summed E-state index contributed by atoms with van der Waals surface area (Å²) in [5.74, 6) is 1.08. The molecule has 2 rings (SSSR count). The van der Waals surface area contributed by atoms with Gasteiger partial charge in [0.2, 0.25) is 0 Å². The number of ether oxygens (including phenoxy) is 1. The number of hydrogen-bond acceptors (Lipinski definition) is 4. The van der Waals surface area contributed by atoms with Gasteiger partial charge < -0.3 is 9.84 Å². The predicted octanol–water partition coefficient (Wildman–Crippen LogP) is 10.3. The van der Waals surface area contributed by atoms with Crippen LogP contribution >= 0.6 is 0 Å². The third-order valence-corrected chi connectivity index (χ3v) is 11.7. The molecule has 2 aromatic rings. The molecule has 0 radical (unpaired) electrons. The van der Waals surface area contributed by atoms with E-state index in [-0.39, 0.29) is 35.3 Å². The summed E-state index contributed by atoms with van der Waals surface area (Å²) >= 11 is 0. The molecule has 0 fully saturated rings. The average Bonchev–Trinajstić information content (AvgIpc) is 2.95. The van der Waals surface area contributed by atoms with Gasteiger partial charge in [-0.3, -0.25) is 9.69 Å². The first-order valence-electron chi connectivity index (χ1n) is 17.2. The molecular formula is C40H65NO3. The van der Waals surface area contributed by atoms with Crippen molar-refractivity contribution in [3.8, 4) is 5.75 Å². The summed E-state index contributed by atoms with van der Waals surface area (Å²) < 4.78 is 6.41. The summed E-state index contributed by atoms with van der Waals surface area (Å²) in [4.78, 5) is 16.5. The molecule has 0 aromatic heterocycles. The molecule has 0 saturated carbocycles. The van der Waals surface area contributed by atoms with Crippen molar-refractivity contribution in [3.63, 3.8) is 0 Å². The van der Waals surface area contributed by atoms with E-state index < -0.39 is 11.5 Å². The average molecular weight is 608 g/mol. The molecule has 0 saturated heterocycles. The number of nitrogens with zero attached hydrogens (tertiary/aromatic N) is 1. The Hall–Kier alpha value is -2.17. The van der Waals surface area contributed by atoms with Crippen LogP contribution in [0.15, 0.2) is 30.3 Å². The highest BCUT2D eigenvalue weighted by molar-refractivity contribution is 5.79. The molecule has 2 aromatic carbocycles. The van der Waals surface area contributed by atoms with Gasteiger partial charge in [0.05, 0.1) is 11.5 Å². The molecule has 4 heteroatoms. The Morgan fingerprint density at radius 1 is 0.841 bits per heavy atom. The smallest absolute Gasteiger partial charge is 0.317 e. The van der Waals surface area contributed by atoms with Gasteiger partial charge in [0, 0.05) is 29.1 Å². The van der Waals surface area contributed by atoms with Gasteiger partial charge in [0.15, 0.2) is 0 Å². The van der Waals surface area contributed by atoms with Crippen molar-refractivity contribution in [2.75, 3.05) is 0 Å². The van der Waals surface area contributed by atoms with E-state index in [2.05, 4.69) is 112 Å². The normalized spacial score (nSPS) is 17.4. The number of aryl methyl sites for hydroxylation is 2. The van der Waals surface area contributed by atoms with Crippen LogP contribution in [0.5, 0.6) is 5.75 Å². The maximum absolute atomic E-state index is 13.7. The lowest BCUT2D eigenvalue weighted by molar-refractivity contribution is -0.146. The van der Waals surface area contributed by atoms with Crippen LogP contribution in [-0.4, -0.2) is 33.6 Å². The fourth-order valence-corrected chi connectivity index (χ4v) is 6.80. The van der Waals surface area contributed by atoms with Gasteiger partial charge in [-0.05, 0) is 133 Å². The fourth-order valence-electron chi connectivity index (χ4n) is 6.80. The van der Waals surface area contributed by atoms with Gasteiger partial charge in [0.25, 0.3) is 0 Å². The number of aliphatic hydroxyl groups is 1. The number of rotatable bonds is 14. The van der Waals surface area contributed by atoms with Crippen LogP contribution < -0.4 is 4.74 Å². The van der Waals surface area contributed by atoms with Gasteiger partial charge in [0.1, 0.15) is 5.75 Å². The molecule has 0 aliphatic rings. The second-order valence-corrected chi connectivity index (χ2v) is 15.1. The van der Waals surface area contributed by atoms with Crippen molar-refractivity contribution >= 4 is 5.97 Å². The van der Waals surface area contributed by atoms with Crippen LogP contribution in [0.4, 0.5) is 0 Å². The summed E-state index contributed by atoms with van der Waals surface area (Å²) in [6.45, 7) is 35.1. The minimum atomic E-state index is -0.644. The minimum absolute atomic E-state index is 0.0178. The Kier molecular flexibility index (Phi) is 12.9. The fraction of sp³-hybridized carbons (Fsp3) is 0.675. The molecule has 0 aliphatic carbocycles. The number of carbonyl (C=O) groups is 1. The highest BCUT2D eigenvalue weighted by Gasteiger charge is 2.43.